The fourth-order valence-electron chi connectivity index (χ4n) is 2.04. The zero-order valence-corrected chi connectivity index (χ0v) is 9.65. The van der Waals surface area contributed by atoms with Gasteiger partial charge >= 0.3 is 0 Å². The Bertz CT molecular complexity index is 375. The molecule has 1 aromatic heterocycles. The van der Waals surface area contributed by atoms with E-state index in [9.17, 15) is 9.90 Å². The van der Waals surface area contributed by atoms with Crippen molar-refractivity contribution < 1.29 is 9.90 Å². The van der Waals surface area contributed by atoms with Crippen molar-refractivity contribution in [1.82, 2.24) is 10.4 Å². The molecule has 2 rings (SSSR count). The molecule has 1 fully saturated rings. The second kappa shape index (κ2) is 5.14. The van der Waals surface area contributed by atoms with E-state index < -0.39 is 5.60 Å². The average Bonchev–Trinajstić information content (AvgIpc) is 2.38. The van der Waals surface area contributed by atoms with Gasteiger partial charge in [0.05, 0.1) is 5.69 Å². The number of aliphatic hydroxyl groups is 1. The van der Waals surface area contributed by atoms with Crippen LogP contribution >= 0.6 is 0 Å². The SMILES string of the molecule is O=C(NNc1ccncc1)C1(O)CCCCC1. The molecule has 1 amide bonds. The highest BCUT2D eigenvalue weighted by molar-refractivity contribution is 5.85. The molecule has 0 saturated heterocycles. The van der Waals surface area contributed by atoms with Crippen LogP contribution in [-0.4, -0.2) is 21.6 Å². The van der Waals surface area contributed by atoms with Crippen LogP contribution < -0.4 is 10.9 Å². The van der Waals surface area contributed by atoms with Gasteiger partial charge < -0.3 is 5.11 Å². The lowest BCUT2D eigenvalue weighted by Gasteiger charge is -2.30. The molecule has 0 radical (unpaired) electrons. The molecular weight excluding hydrogens is 218 g/mol. The predicted octanol–water partition coefficient (Wildman–Crippen LogP) is 1.22. The van der Waals surface area contributed by atoms with Crippen LogP contribution in [0.25, 0.3) is 0 Å². The van der Waals surface area contributed by atoms with Gasteiger partial charge in [-0.2, -0.15) is 0 Å². The van der Waals surface area contributed by atoms with Crippen molar-refractivity contribution in [2.24, 2.45) is 0 Å². The van der Waals surface area contributed by atoms with Gasteiger partial charge in [-0.05, 0) is 25.0 Å². The van der Waals surface area contributed by atoms with Crippen molar-refractivity contribution in [1.29, 1.82) is 0 Å². The number of carbonyl (C=O) groups excluding carboxylic acids is 1. The molecule has 0 unspecified atom stereocenters. The highest BCUT2D eigenvalue weighted by Crippen LogP contribution is 2.27. The lowest BCUT2D eigenvalue weighted by atomic mass is 9.84. The topological polar surface area (TPSA) is 74.2 Å². The molecule has 0 aliphatic heterocycles. The standard InChI is InChI=1S/C12H17N3O2/c16-11(12(17)6-2-1-3-7-12)15-14-10-4-8-13-9-5-10/h4-5,8-9,17H,1-3,6-7H2,(H,13,14)(H,15,16). The van der Waals surface area contributed by atoms with E-state index in [4.69, 9.17) is 0 Å². The van der Waals surface area contributed by atoms with Crippen molar-refractivity contribution in [2.75, 3.05) is 5.43 Å². The Hall–Kier alpha value is -1.62. The number of aromatic nitrogens is 1. The van der Waals surface area contributed by atoms with Gasteiger partial charge in [0.15, 0.2) is 0 Å². The third kappa shape index (κ3) is 2.94. The molecule has 0 aromatic carbocycles. The van der Waals surface area contributed by atoms with Crippen LogP contribution in [0.1, 0.15) is 32.1 Å². The maximum absolute atomic E-state index is 11.9. The normalized spacial score (nSPS) is 18.4. The number of carbonyl (C=O) groups is 1. The minimum Gasteiger partial charge on any atom is -0.380 e. The van der Waals surface area contributed by atoms with Crippen LogP contribution in [0.15, 0.2) is 24.5 Å². The molecule has 5 nitrogen and oxygen atoms in total. The van der Waals surface area contributed by atoms with E-state index in [1.807, 2.05) is 0 Å². The van der Waals surface area contributed by atoms with E-state index >= 15 is 0 Å². The van der Waals surface area contributed by atoms with Crippen LogP contribution in [-0.2, 0) is 4.79 Å². The number of hydrogen-bond acceptors (Lipinski definition) is 4. The molecule has 1 heterocycles. The second-order valence-electron chi connectivity index (χ2n) is 4.41. The number of amides is 1. The Morgan fingerprint density at radius 2 is 1.88 bits per heavy atom. The fourth-order valence-corrected chi connectivity index (χ4v) is 2.04. The predicted molar refractivity (Wildman–Crippen MR) is 64.0 cm³/mol. The molecule has 1 saturated carbocycles. The van der Waals surface area contributed by atoms with E-state index in [2.05, 4.69) is 15.8 Å². The number of anilines is 1. The van der Waals surface area contributed by atoms with E-state index in [1.165, 1.54) is 0 Å². The average molecular weight is 235 g/mol. The fraction of sp³-hybridized carbons (Fsp3) is 0.500. The summed E-state index contributed by atoms with van der Waals surface area (Å²) in [5.74, 6) is -0.353. The quantitative estimate of drug-likeness (QED) is 0.689. The Kier molecular flexibility index (Phi) is 3.58. The minimum atomic E-state index is -1.21. The molecule has 17 heavy (non-hydrogen) atoms. The summed E-state index contributed by atoms with van der Waals surface area (Å²) in [6.07, 6.45) is 7.23. The van der Waals surface area contributed by atoms with Crippen molar-refractivity contribution in [3.8, 4) is 0 Å². The summed E-state index contributed by atoms with van der Waals surface area (Å²) >= 11 is 0. The molecule has 1 aromatic rings. The van der Waals surface area contributed by atoms with Crippen molar-refractivity contribution in [2.45, 2.75) is 37.7 Å². The molecule has 0 atom stereocenters. The van der Waals surface area contributed by atoms with Gasteiger partial charge in [0, 0.05) is 12.4 Å². The summed E-state index contributed by atoms with van der Waals surface area (Å²) in [5.41, 5.74) is 4.84. The summed E-state index contributed by atoms with van der Waals surface area (Å²) in [6.45, 7) is 0. The smallest absolute Gasteiger partial charge is 0.270 e. The van der Waals surface area contributed by atoms with Gasteiger partial charge in [0.2, 0.25) is 0 Å². The molecule has 1 aliphatic carbocycles. The van der Waals surface area contributed by atoms with Crippen molar-refractivity contribution >= 4 is 11.6 Å². The number of rotatable bonds is 3. The van der Waals surface area contributed by atoms with Crippen LogP contribution in [0.2, 0.25) is 0 Å². The van der Waals surface area contributed by atoms with Gasteiger partial charge in [-0.25, -0.2) is 0 Å². The molecular formula is C12H17N3O2. The number of hydrogen-bond donors (Lipinski definition) is 3. The molecule has 0 bridgehead atoms. The monoisotopic (exact) mass is 235 g/mol. The third-order valence-electron chi connectivity index (χ3n) is 3.10. The Labute approximate surface area is 100 Å². The maximum Gasteiger partial charge on any atom is 0.270 e. The van der Waals surface area contributed by atoms with Crippen LogP contribution in [0.4, 0.5) is 5.69 Å². The van der Waals surface area contributed by atoms with Gasteiger partial charge in [0.25, 0.3) is 5.91 Å². The van der Waals surface area contributed by atoms with Gasteiger partial charge in [0.1, 0.15) is 5.60 Å². The van der Waals surface area contributed by atoms with Crippen LogP contribution in [0.5, 0.6) is 0 Å². The van der Waals surface area contributed by atoms with E-state index in [-0.39, 0.29) is 5.91 Å². The lowest BCUT2D eigenvalue weighted by Crippen LogP contribution is -2.49. The molecule has 92 valence electrons. The highest BCUT2D eigenvalue weighted by Gasteiger charge is 2.36. The summed E-state index contributed by atoms with van der Waals surface area (Å²) in [7, 11) is 0. The first-order valence-electron chi connectivity index (χ1n) is 5.90. The first-order chi connectivity index (χ1) is 8.21. The van der Waals surface area contributed by atoms with Crippen LogP contribution in [0, 0.1) is 0 Å². The third-order valence-corrected chi connectivity index (χ3v) is 3.10. The lowest BCUT2D eigenvalue weighted by molar-refractivity contribution is -0.142. The second-order valence-corrected chi connectivity index (χ2v) is 4.41. The van der Waals surface area contributed by atoms with E-state index in [0.717, 1.165) is 24.9 Å². The first-order valence-corrected chi connectivity index (χ1v) is 5.90. The summed E-state index contributed by atoms with van der Waals surface area (Å²) in [6, 6.07) is 3.48. The van der Waals surface area contributed by atoms with Crippen LogP contribution in [0.3, 0.4) is 0 Å². The molecule has 5 heteroatoms. The van der Waals surface area contributed by atoms with Gasteiger partial charge in [-0.3, -0.25) is 20.6 Å². The number of pyridine rings is 1. The van der Waals surface area contributed by atoms with Gasteiger partial charge in [-0.1, -0.05) is 19.3 Å². The highest BCUT2D eigenvalue weighted by atomic mass is 16.3. The summed E-state index contributed by atoms with van der Waals surface area (Å²) < 4.78 is 0. The Balaban J connectivity index is 1.88. The first kappa shape index (κ1) is 11.9. The summed E-state index contributed by atoms with van der Waals surface area (Å²) in [5, 5.41) is 10.2. The van der Waals surface area contributed by atoms with Gasteiger partial charge in [-0.15, -0.1) is 0 Å². The molecule has 0 spiro atoms. The van der Waals surface area contributed by atoms with Crippen molar-refractivity contribution in [3.63, 3.8) is 0 Å². The molecule has 1 aliphatic rings. The zero-order valence-electron chi connectivity index (χ0n) is 9.65. The Morgan fingerprint density at radius 3 is 2.53 bits per heavy atom. The maximum atomic E-state index is 11.9. The number of nitrogens with zero attached hydrogens (tertiary/aromatic N) is 1. The molecule has 3 N–H and O–H groups in total. The Morgan fingerprint density at radius 1 is 1.24 bits per heavy atom. The summed E-state index contributed by atoms with van der Waals surface area (Å²) in [4.78, 5) is 15.7. The number of hydrazine groups is 1. The largest absolute Gasteiger partial charge is 0.380 e. The zero-order chi connectivity index (χ0) is 12.1. The van der Waals surface area contributed by atoms with Crippen molar-refractivity contribution in [3.05, 3.63) is 24.5 Å². The minimum absolute atomic E-state index is 0.353. The number of nitrogens with one attached hydrogen (secondary N) is 2. The van der Waals surface area contributed by atoms with E-state index in [0.29, 0.717) is 12.8 Å². The van der Waals surface area contributed by atoms with E-state index in [1.54, 1.807) is 24.5 Å².